The molecule has 1 aromatic rings. The molecule has 0 atom stereocenters. The van der Waals surface area contributed by atoms with Gasteiger partial charge in [0.15, 0.2) is 0 Å². The zero-order valence-corrected chi connectivity index (χ0v) is 10.8. The minimum absolute atomic E-state index is 0.00370. The van der Waals surface area contributed by atoms with E-state index in [1.807, 2.05) is 6.92 Å². The fraction of sp³-hybridized carbons (Fsp3) is 0.636. The summed E-state index contributed by atoms with van der Waals surface area (Å²) in [4.78, 5) is 18.3. The molecule has 0 radical (unpaired) electrons. The van der Waals surface area contributed by atoms with Crippen molar-refractivity contribution in [1.29, 1.82) is 0 Å². The van der Waals surface area contributed by atoms with Crippen LogP contribution in [0.1, 0.15) is 33.6 Å². The van der Waals surface area contributed by atoms with Crippen LogP contribution < -0.4 is 10.1 Å². The van der Waals surface area contributed by atoms with Crippen molar-refractivity contribution < 1.29 is 9.66 Å². The summed E-state index contributed by atoms with van der Waals surface area (Å²) in [6, 6.07) is 0. The molecule has 0 saturated heterocycles. The van der Waals surface area contributed by atoms with E-state index in [0.29, 0.717) is 6.54 Å². The Morgan fingerprint density at radius 3 is 2.78 bits per heavy atom. The SMILES string of the molecule is CCCCNc1ncnc(OC(C)C)c1[N+](=O)[O-]. The van der Waals surface area contributed by atoms with Crippen molar-refractivity contribution in [2.45, 2.75) is 39.7 Å². The second kappa shape index (κ2) is 6.73. The molecule has 7 nitrogen and oxygen atoms in total. The largest absolute Gasteiger partial charge is 0.470 e. The fourth-order valence-electron chi connectivity index (χ4n) is 1.35. The molecule has 1 aromatic heterocycles. The smallest absolute Gasteiger partial charge is 0.372 e. The van der Waals surface area contributed by atoms with Gasteiger partial charge in [-0.05, 0) is 20.3 Å². The molecule has 0 bridgehead atoms. The molecule has 0 amide bonds. The van der Waals surface area contributed by atoms with Crippen LogP contribution in [0.3, 0.4) is 0 Å². The molecule has 1 N–H and O–H groups in total. The van der Waals surface area contributed by atoms with E-state index in [-0.39, 0.29) is 23.5 Å². The topological polar surface area (TPSA) is 90.2 Å². The van der Waals surface area contributed by atoms with Crippen LogP contribution in [-0.2, 0) is 0 Å². The van der Waals surface area contributed by atoms with Gasteiger partial charge in [0.25, 0.3) is 5.88 Å². The normalized spacial score (nSPS) is 10.4. The molecule has 0 fully saturated rings. The van der Waals surface area contributed by atoms with Crippen LogP contribution in [0, 0.1) is 10.1 Å². The first-order chi connectivity index (χ1) is 8.56. The van der Waals surface area contributed by atoms with Gasteiger partial charge in [-0.3, -0.25) is 10.1 Å². The van der Waals surface area contributed by atoms with Crippen LogP contribution in [0.5, 0.6) is 5.88 Å². The van der Waals surface area contributed by atoms with Gasteiger partial charge in [-0.2, -0.15) is 4.98 Å². The van der Waals surface area contributed by atoms with Gasteiger partial charge < -0.3 is 10.1 Å². The van der Waals surface area contributed by atoms with E-state index < -0.39 is 4.92 Å². The molecular weight excluding hydrogens is 236 g/mol. The minimum Gasteiger partial charge on any atom is -0.470 e. The van der Waals surface area contributed by atoms with Crippen molar-refractivity contribution in [3.63, 3.8) is 0 Å². The Morgan fingerprint density at radius 2 is 2.22 bits per heavy atom. The molecule has 7 heteroatoms. The van der Waals surface area contributed by atoms with E-state index in [4.69, 9.17) is 4.74 Å². The van der Waals surface area contributed by atoms with Crippen LogP contribution in [0.2, 0.25) is 0 Å². The number of hydrogen-bond acceptors (Lipinski definition) is 6. The van der Waals surface area contributed by atoms with Crippen LogP contribution in [0.4, 0.5) is 11.5 Å². The molecule has 0 spiro atoms. The monoisotopic (exact) mass is 254 g/mol. The summed E-state index contributed by atoms with van der Waals surface area (Å²) in [6.45, 7) is 6.25. The third-order valence-electron chi connectivity index (χ3n) is 2.14. The Balaban J connectivity index is 2.98. The van der Waals surface area contributed by atoms with Crippen molar-refractivity contribution >= 4 is 11.5 Å². The van der Waals surface area contributed by atoms with Crippen molar-refractivity contribution in [3.05, 3.63) is 16.4 Å². The molecule has 0 aromatic carbocycles. The quantitative estimate of drug-likeness (QED) is 0.456. The van der Waals surface area contributed by atoms with Gasteiger partial charge in [0.2, 0.25) is 5.82 Å². The zero-order chi connectivity index (χ0) is 13.5. The highest BCUT2D eigenvalue weighted by molar-refractivity contribution is 5.61. The number of nitrogens with one attached hydrogen (secondary N) is 1. The highest BCUT2D eigenvalue weighted by Gasteiger charge is 2.24. The average Bonchev–Trinajstić information content (AvgIpc) is 2.28. The molecule has 0 unspecified atom stereocenters. The molecule has 18 heavy (non-hydrogen) atoms. The molecule has 0 aliphatic carbocycles. The average molecular weight is 254 g/mol. The van der Waals surface area contributed by atoms with Gasteiger partial charge in [-0.15, -0.1) is 0 Å². The zero-order valence-electron chi connectivity index (χ0n) is 10.8. The Kier molecular flexibility index (Phi) is 5.29. The predicted octanol–water partition coefficient (Wildman–Crippen LogP) is 2.38. The van der Waals surface area contributed by atoms with Gasteiger partial charge in [0.1, 0.15) is 6.33 Å². The minimum atomic E-state index is -0.522. The predicted molar refractivity (Wildman–Crippen MR) is 67.8 cm³/mol. The van der Waals surface area contributed by atoms with Crippen LogP contribution in [0.25, 0.3) is 0 Å². The lowest BCUT2D eigenvalue weighted by molar-refractivity contribution is -0.385. The molecule has 0 saturated carbocycles. The van der Waals surface area contributed by atoms with Crippen LogP contribution in [-0.4, -0.2) is 27.5 Å². The first-order valence-corrected chi connectivity index (χ1v) is 5.96. The summed E-state index contributed by atoms with van der Waals surface area (Å²) in [6.07, 6.45) is 3.00. The van der Waals surface area contributed by atoms with Gasteiger partial charge in [-0.25, -0.2) is 4.98 Å². The second-order valence-corrected chi connectivity index (χ2v) is 4.08. The van der Waals surface area contributed by atoms with Gasteiger partial charge in [0, 0.05) is 6.54 Å². The lowest BCUT2D eigenvalue weighted by Crippen LogP contribution is -2.12. The fourth-order valence-corrected chi connectivity index (χ4v) is 1.35. The Morgan fingerprint density at radius 1 is 1.50 bits per heavy atom. The Labute approximate surface area is 106 Å². The molecular formula is C11H18N4O3. The highest BCUT2D eigenvalue weighted by Crippen LogP contribution is 2.31. The summed E-state index contributed by atoms with van der Waals surface area (Å²) in [5.41, 5.74) is -0.206. The van der Waals surface area contributed by atoms with E-state index in [1.165, 1.54) is 6.33 Å². The maximum Gasteiger partial charge on any atom is 0.372 e. The van der Waals surface area contributed by atoms with E-state index >= 15 is 0 Å². The lowest BCUT2D eigenvalue weighted by atomic mass is 10.3. The number of anilines is 1. The summed E-state index contributed by atoms with van der Waals surface area (Å²) in [5, 5.41) is 14.0. The Bertz CT molecular complexity index is 409. The summed E-state index contributed by atoms with van der Waals surface area (Å²) in [7, 11) is 0. The molecule has 0 aliphatic rings. The maximum atomic E-state index is 11.1. The first-order valence-electron chi connectivity index (χ1n) is 5.96. The number of ether oxygens (including phenoxy) is 1. The molecule has 0 aliphatic heterocycles. The van der Waals surface area contributed by atoms with Crippen molar-refractivity contribution in [3.8, 4) is 5.88 Å². The second-order valence-electron chi connectivity index (χ2n) is 4.08. The summed E-state index contributed by atoms with van der Waals surface area (Å²) >= 11 is 0. The third kappa shape index (κ3) is 3.83. The van der Waals surface area contributed by atoms with Crippen LogP contribution >= 0.6 is 0 Å². The maximum absolute atomic E-state index is 11.1. The Hall–Kier alpha value is -1.92. The number of aromatic nitrogens is 2. The third-order valence-corrected chi connectivity index (χ3v) is 2.14. The van der Waals surface area contributed by atoms with Gasteiger partial charge in [-0.1, -0.05) is 13.3 Å². The number of nitro groups is 1. The summed E-state index contributed by atoms with van der Waals surface area (Å²) in [5.74, 6) is 0.211. The first kappa shape index (κ1) is 14.1. The van der Waals surface area contributed by atoms with E-state index in [0.717, 1.165) is 12.8 Å². The van der Waals surface area contributed by atoms with E-state index in [1.54, 1.807) is 13.8 Å². The van der Waals surface area contributed by atoms with E-state index in [9.17, 15) is 10.1 Å². The molecule has 100 valence electrons. The lowest BCUT2D eigenvalue weighted by Gasteiger charge is -2.11. The van der Waals surface area contributed by atoms with Crippen molar-refractivity contribution in [1.82, 2.24) is 9.97 Å². The highest BCUT2D eigenvalue weighted by atomic mass is 16.6. The van der Waals surface area contributed by atoms with Crippen molar-refractivity contribution in [2.75, 3.05) is 11.9 Å². The summed E-state index contributed by atoms with van der Waals surface area (Å²) < 4.78 is 5.32. The number of nitrogens with zero attached hydrogens (tertiary/aromatic N) is 3. The van der Waals surface area contributed by atoms with Gasteiger partial charge >= 0.3 is 5.69 Å². The number of rotatable bonds is 7. The van der Waals surface area contributed by atoms with Crippen molar-refractivity contribution in [2.24, 2.45) is 0 Å². The number of hydrogen-bond donors (Lipinski definition) is 1. The van der Waals surface area contributed by atoms with Gasteiger partial charge in [0.05, 0.1) is 11.0 Å². The van der Waals surface area contributed by atoms with Crippen LogP contribution in [0.15, 0.2) is 6.33 Å². The standard InChI is InChI=1S/C11H18N4O3/c1-4-5-6-12-10-9(15(16)17)11(14-7-13-10)18-8(2)3/h7-8H,4-6H2,1-3H3,(H,12,13,14). The number of unbranched alkanes of at least 4 members (excludes halogenated alkanes) is 1. The molecule has 1 heterocycles. The molecule has 1 rings (SSSR count). The van der Waals surface area contributed by atoms with E-state index in [2.05, 4.69) is 15.3 Å².